The smallest absolute Gasteiger partial charge is 0.273 e. The van der Waals surface area contributed by atoms with E-state index in [0.29, 0.717) is 44.4 Å². The molecule has 182 valence electrons. The van der Waals surface area contributed by atoms with Crippen LogP contribution in [0.2, 0.25) is 0 Å². The van der Waals surface area contributed by atoms with E-state index in [1.807, 2.05) is 23.6 Å². The maximum atomic E-state index is 13.2. The number of carbonyl (C=O) groups excluding carboxylic acids is 2. The quantitative estimate of drug-likeness (QED) is 0.707. The fraction of sp³-hybridized carbons (Fsp3) is 0.538. The average molecular weight is 465 g/mol. The first-order valence-electron chi connectivity index (χ1n) is 12.1. The number of piperazine rings is 1. The number of aryl methyl sites for hydroxylation is 1. The Bertz CT molecular complexity index is 1090. The summed E-state index contributed by atoms with van der Waals surface area (Å²) in [6.45, 7) is 15.1. The normalized spacial score (nSPS) is 16.3. The lowest BCUT2D eigenvalue weighted by Crippen LogP contribution is -2.48. The van der Waals surface area contributed by atoms with Crippen LogP contribution in [0.5, 0.6) is 0 Å². The van der Waals surface area contributed by atoms with Crippen molar-refractivity contribution in [1.29, 1.82) is 0 Å². The summed E-state index contributed by atoms with van der Waals surface area (Å²) in [4.78, 5) is 40.3. The number of nitrogens with one attached hydrogen (secondary N) is 1. The zero-order valence-electron chi connectivity index (χ0n) is 21.2. The number of amides is 2. The lowest BCUT2D eigenvalue weighted by atomic mass is 9.94. The highest BCUT2D eigenvalue weighted by Gasteiger charge is 2.36. The second kappa shape index (κ2) is 9.24. The van der Waals surface area contributed by atoms with Crippen LogP contribution in [0.25, 0.3) is 0 Å². The molecule has 2 aliphatic heterocycles. The second-order valence-electron chi connectivity index (χ2n) is 10.4. The van der Waals surface area contributed by atoms with Gasteiger partial charge in [0, 0.05) is 50.2 Å². The molecule has 0 spiro atoms. The van der Waals surface area contributed by atoms with E-state index in [-0.39, 0.29) is 23.4 Å². The predicted octanol–water partition coefficient (Wildman–Crippen LogP) is 3.25. The number of rotatable bonds is 6. The van der Waals surface area contributed by atoms with Crippen LogP contribution in [-0.4, -0.2) is 69.3 Å². The van der Waals surface area contributed by atoms with Gasteiger partial charge in [-0.05, 0) is 46.6 Å². The molecule has 2 aromatic rings. The third-order valence-electron chi connectivity index (χ3n) is 6.60. The molecule has 1 aromatic heterocycles. The molecule has 1 N–H and O–H groups in total. The van der Waals surface area contributed by atoms with Crippen LogP contribution in [0.15, 0.2) is 24.3 Å². The molecule has 0 radical (unpaired) electrons. The Labute approximate surface area is 202 Å². The minimum absolute atomic E-state index is 0.0458. The van der Waals surface area contributed by atoms with Crippen molar-refractivity contribution >= 4 is 23.6 Å². The molecular formula is C26H36N6O2. The zero-order chi connectivity index (χ0) is 24.6. The van der Waals surface area contributed by atoms with Gasteiger partial charge in [-0.3, -0.25) is 9.59 Å². The van der Waals surface area contributed by atoms with Gasteiger partial charge in [-0.15, -0.1) is 0 Å². The largest absolute Gasteiger partial charge is 0.364 e. The van der Waals surface area contributed by atoms with Crippen LogP contribution in [0.3, 0.4) is 0 Å². The second-order valence-corrected chi connectivity index (χ2v) is 10.4. The maximum absolute atomic E-state index is 13.2. The molecule has 0 saturated carbocycles. The minimum atomic E-state index is -0.283. The van der Waals surface area contributed by atoms with Gasteiger partial charge in [-0.1, -0.05) is 29.8 Å². The summed E-state index contributed by atoms with van der Waals surface area (Å²) in [5.74, 6) is 1.31. The average Bonchev–Trinajstić information content (AvgIpc) is 3.10. The van der Waals surface area contributed by atoms with E-state index in [1.54, 1.807) is 6.92 Å². The van der Waals surface area contributed by atoms with E-state index in [0.717, 1.165) is 17.8 Å². The van der Waals surface area contributed by atoms with Crippen molar-refractivity contribution in [3.63, 3.8) is 0 Å². The molecule has 2 aliphatic rings. The summed E-state index contributed by atoms with van der Waals surface area (Å²) < 4.78 is 0. The number of fused-ring (bicyclic) bond motifs is 1. The number of nitrogens with zero attached hydrogens (tertiary/aromatic N) is 5. The number of hydrogen-bond donors (Lipinski definition) is 1. The van der Waals surface area contributed by atoms with Gasteiger partial charge in [0.25, 0.3) is 5.91 Å². The zero-order valence-corrected chi connectivity index (χ0v) is 21.2. The van der Waals surface area contributed by atoms with Crippen LogP contribution in [0, 0.1) is 6.92 Å². The third-order valence-corrected chi connectivity index (χ3v) is 6.60. The van der Waals surface area contributed by atoms with Crippen LogP contribution >= 0.6 is 0 Å². The summed E-state index contributed by atoms with van der Waals surface area (Å²) in [6.07, 6.45) is 0.821. The van der Waals surface area contributed by atoms with Crippen LogP contribution in [0.1, 0.15) is 61.8 Å². The number of anilines is 2. The highest BCUT2D eigenvalue weighted by Crippen LogP contribution is 2.32. The Morgan fingerprint density at radius 1 is 1.15 bits per heavy atom. The van der Waals surface area contributed by atoms with E-state index in [1.165, 1.54) is 11.1 Å². The van der Waals surface area contributed by atoms with Gasteiger partial charge in [0.2, 0.25) is 11.9 Å². The Hall–Kier alpha value is -3.16. The molecule has 0 atom stereocenters. The highest BCUT2D eigenvalue weighted by molar-refractivity contribution is 5.98. The standard InChI is InChI=1S/C26H36N6O2/c1-17(2)32-16-21-22(24(32)34)27-25(31-12-10-30(11-13-31)19(4)33)28-23(21)29-26(5,6)15-20-9-7-8-18(3)14-20/h7-9,14,17H,10-13,15-16H2,1-6H3,(H,27,28,29). The number of benzene rings is 1. The Morgan fingerprint density at radius 2 is 1.85 bits per heavy atom. The first-order valence-corrected chi connectivity index (χ1v) is 12.1. The van der Waals surface area contributed by atoms with E-state index < -0.39 is 0 Å². The van der Waals surface area contributed by atoms with Crippen LogP contribution < -0.4 is 10.2 Å². The molecule has 0 unspecified atom stereocenters. The fourth-order valence-electron chi connectivity index (χ4n) is 4.76. The maximum Gasteiger partial charge on any atom is 0.273 e. The number of aromatic nitrogens is 2. The Kier molecular flexibility index (Phi) is 6.51. The van der Waals surface area contributed by atoms with Crippen molar-refractivity contribution in [2.45, 2.75) is 66.1 Å². The molecule has 8 nitrogen and oxygen atoms in total. The molecule has 3 heterocycles. The van der Waals surface area contributed by atoms with Crippen LogP contribution in [0.4, 0.5) is 11.8 Å². The minimum Gasteiger partial charge on any atom is -0.364 e. The summed E-state index contributed by atoms with van der Waals surface area (Å²) in [5.41, 5.74) is 3.56. The molecular weight excluding hydrogens is 428 g/mol. The van der Waals surface area contributed by atoms with E-state index in [4.69, 9.17) is 9.97 Å². The van der Waals surface area contributed by atoms with Gasteiger partial charge in [0.1, 0.15) is 11.5 Å². The van der Waals surface area contributed by atoms with E-state index in [2.05, 4.69) is 55.3 Å². The molecule has 4 rings (SSSR count). The van der Waals surface area contributed by atoms with Gasteiger partial charge in [-0.2, -0.15) is 4.98 Å². The molecule has 1 aromatic carbocycles. The molecule has 1 fully saturated rings. The Balaban J connectivity index is 1.65. The number of hydrogen-bond acceptors (Lipinski definition) is 6. The predicted molar refractivity (Wildman–Crippen MR) is 134 cm³/mol. The lowest BCUT2D eigenvalue weighted by Gasteiger charge is -2.35. The lowest BCUT2D eigenvalue weighted by molar-refractivity contribution is -0.129. The summed E-state index contributed by atoms with van der Waals surface area (Å²) in [5, 5.41) is 3.65. The Morgan fingerprint density at radius 3 is 2.47 bits per heavy atom. The molecule has 1 saturated heterocycles. The third kappa shape index (κ3) is 5.00. The molecule has 0 aliphatic carbocycles. The first kappa shape index (κ1) is 24.0. The van der Waals surface area contributed by atoms with Crippen molar-refractivity contribution in [1.82, 2.24) is 19.8 Å². The molecule has 2 amide bonds. The summed E-state index contributed by atoms with van der Waals surface area (Å²) in [7, 11) is 0. The fourth-order valence-corrected chi connectivity index (χ4v) is 4.76. The topological polar surface area (TPSA) is 81.7 Å². The molecule has 0 bridgehead atoms. The first-order chi connectivity index (χ1) is 16.0. The van der Waals surface area contributed by atoms with Gasteiger partial charge in [0.05, 0.1) is 6.54 Å². The van der Waals surface area contributed by atoms with Crippen molar-refractivity contribution < 1.29 is 9.59 Å². The summed E-state index contributed by atoms with van der Waals surface area (Å²) in [6, 6.07) is 8.62. The number of carbonyl (C=O) groups is 2. The van der Waals surface area contributed by atoms with E-state index >= 15 is 0 Å². The van der Waals surface area contributed by atoms with Crippen LogP contribution in [-0.2, 0) is 17.8 Å². The SMILES string of the molecule is CC(=O)N1CCN(c2nc(NC(C)(C)Cc3cccc(C)c3)c3c(n2)C(=O)N(C(C)C)C3)CC1. The van der Waals surface area contributed by atoms with E-state index in [9.17, 15) is 9.59 Å². The monoisotopic (exact) mass is 464 g/mol. The van der Waals surface area contributed by atoms with Crippen molar-refractivity contribution in [3.8, 4) is 0 Å². The van der Waals surface area contributed by atoms with Gasteiger partial charge in [-0.25, -0.2) is 4.98 Å². The van der Waals surface area contributed by atoms with Gasteiger partial charge < -0.3 is 20.0 Å². The van der Waals surface area contributed by atoms with Crippen molar-refractivity contribution in [2.75, 3.05) is 36.4 Å². The molecule has 34 heavy (non-hydrogen) atoms. The highest BCUT2D eigenvalue weighted by atomic mass is 16.2. The van der Waals surface area contributed by atoms with Crippen molar-refractivity contribution in [3.05, 3.63) is 46.6 Å². The van der Waals surface area contributed by atoms with Gasteiger partial charge in [0.15, 0.2) is 0 Å². The molecule has 8 heteroatoms. The van der Waals surface area contributed by atoms with Gasteiger partial charge >= 0.3 is 0 Å². The summed E-state index contributed by atoms with van der Waals surface area (Å²) >= 11 is 0. The van der Waals surface area contributed by atoms with Crippen molar-refractivity contribution in [2.24, 2.45) is 0 Å².